The predicted molar refractivity (Wildman–Crippen MR) is 104 cm³/mol. The molecule has 1 aromatic heterocycles. The predicted octanol–water partition coefficient (Wildman–Crippen LogP) is 2.51. The van der Waals surface area contributed by atoms with E-state index in [0.717, 1.165) is 5.69 Å². The first-order valence-electron chi connectivity index (χ1n) is 8.95. The maximum absolute atomic E-state index is 12.6. The van der Waals surface area contributed by atoms with Crippen LogP contribution in [0.15, 0.2) is 30.3 Å². The minimum absolute atomic E-state index is 0.0868. The van der Waals surface area contributed by atoms with Crippen LogP contribution in [-0.2, 0) is 14.6 Å². The van der Waals surface area contributed by atoms with Crippen LogP contribution in [0.1, 0.15) is 44.6 Å². The Labute approximate surface area is 164 Å². The number of aromatic nitrogens is 1. The van der Waals surface area contributed by atoms with Crippen molar-refractivity contribution in [3.63, 3.8) is 0 Å². The molecule has 3 rings (SSSR count). The molecule has 2 heterocycles. The van der Waals surface area contributed by atoms with Gasteiger partial charge in [-0.3, -0.25) is 4.79 Å². The normalized spacial score (nSPS) is 18.0. The van der Waals surface area contributed by atoms with E-state index in [1.54, 1.807) is 37.3 Å². The molecule has 0 bridgehead atoms. The SMILES string of the molecule is COc1ccc(C(=O)OCC(=O)c2cc(C)n([C@H]3CCS(=O)(=O)C3)c2C)cc1. The van der Waals surface area contributed by atoms with Crippen molar-refractivity contribution in [2.24, 2.45) is 0 Å². The molecule has 150 valence electrons. The second-order valence-electron chi connectivity index (χ2n) is 6.94. The number of methoxy groups -OCH3 is 1. The van der Waals surface area contributed by atoms with E-state index in [2.05, 4.69) is 0 Å². The molecule has 8 heteroatoms. The highest BCUT2D eigenvalue weighted by Gasteiger charge is 2.31. The van der Waals surface area contributed by atoms with E-state index >= 15 is 0 Å². The number of Topliss-reactive ketones (excluding diaryl/α,β-unsaturated/α-hetero) is 1. The van der Waals surface area contributed by atoms with Gasteiger partial charge < -0.3 is 14.0 Å². The van der Waals surface area contributed by atoms with E-state index in [-0.39, 0.29) is 29.9 Å². The molecule has 7 nitrogen and oxygen atoms in total. The molecule has 0 amide bonds. The largest absolute Gasteiger partial charge is 0.497 e. The summed E-state index contributed by atoms with van der Waals surface area (Å²) in [6.45, 7) is 3.26. The van der Waals surface area contributed by atoms with Gasteiger partial charge >= 0.3 is 5.97 Å². The minimum atomic E-state index is -3.03. The van der Waals surface area contributed by atoms with Crippen molar-refractivity contribution in [1.82, 2.24) is 4.57 Å². The third kappa shape index (κ3) is 4.11. The second kappa shape index (κ2) is 7.79. The summed E-state index contributed by atoms with van der Waals surface area (Å²) >= 11 is 0. The number of benzene rings is 1. The van der Waals surface area contributed by atoms with Gasteiger partial charge in [-0.05, 0) is 50.6 Å². The molecule has 0 N–H and O–H groups in total. The van der Waals surface area contributed by atoms with Gasteiger partial charge in [-0.15, -0.1) is 0 Å². The molecule has 0 aliphatic carbocycles. The zero-order chi connectivity index (χ0) is 20.5. The van der Waals surface area contributed by atoms with Gasteiger partial charge in [0.15, 0.2) is 16.4 Å². The standard InChI is InChI=1S/C20H23NO6S/c1-13-10-18(14(2)21(13)16-8-9-28(24,25)12-16)19(22)11-27-20(23)15-4-6-17(26-3)7-5-15/h4-7,10,16H,8-9,11-12H2,1-3H3/t16-/m0/s1. The Morgan fingerprint density at radius 1 is 1.18 bits per heavy atom. The van der Waals surface area contributed by atoms with Crippen molar-refractivity contribution < 1.29 is 27.5 Å². The number of ether oxygens (including phenoxy) is 2. The average Bonchev–Trinajstić information content (AvgIpc) is 3.17. The van der Waals surface area contributed by atoms with Crippen molar-refractivity contribution in [2.45, 2.75) is 26.3 Å². The Hall–Kier alpha value is -2.61. The number of nitrogens with zero attached hydrogens (tertiary/aromatic N) is 1. The fourth-order valence-corrected chi connectivity index (χ4v) is 5.32. The third-order valence-corrected chi connectivity index (χ3v) is 6.77. The van der Waals surface area contributed by atoms with E-state index < -0.39 is 15.8 Å². The molecule has 1 fully saturated rings. The van der Waals surface area contributed by atoms with Gasteiger partial charge in [-0.2, -0.15) is 0 Å². The number of ketones is 1. The first-order valence-corrected chi connectivity index (χ1v) is 10.8. The molecule has 1 atom stereocenters. The van der Waals surface area contributed by atoms with Crippen LogP contribution in [0.25, 0.3) is 0 Å². The summed E-state index contributed by atoms with van der Waals surface area (Å²) in [5.41, 5.74) is 2.30. The maximum Gasteiger partial charge on any atom is 0.338 e. The number of hydrogen-bond donors (Lipinski definition) is 0. The van der Waals surface area contributed by atoms with Gasteiger partial charge in [0.25, 0.3) is 0 Å². The van der Waals surface area contributed by atoms with Crippen molar-refractivity contribution >= 4 is 21.6 Å². The molecule has 0 saturated carbocycles. The van der Waals surface area contributed by atoms with E-state index in [0.29, 0.717) is 29.0 Å². The molecule has 1 aliphatic heterocycles. The molecule has 0 spiro atoms. The summed E-state index contributed by atoms with van der Waals surface area (Å²) in [4.78, 5) is 24.7. The fraction of sp³-hybridized carbons (Fsp3) is 0.400. The van der Waals surface area contributed by atoms with Crippen LogP contribution < -0.4 is 4.74 Å². The van der Waals surface area contributed by atoms with Crippen molar-refractivity contribution in [2.75, 3.05) is 25.2 Å². The monoisotopic (exact) mass is 405 g/mol. The van der Waals surface area contributed by atoms with Crippen molar-refractivity contribution in [3.8, 4) is 5.75 Å². The molecule has 2 aromatic rings. The van der Waals surface area contributed by atoms with Crippen LogP contribution in [0.4, 0.5) is 0 Å². The Bertz CT molecular complexity index is 1000. The maximum atomic E-state index is 12.6. The Morgan fingerprint density at radius 2 is 1.86 bits per heavy atom. The summed E-state index contributed by atoms with van der Waals surface area (Å²) in [7, 11) is -1.50. The number of esters is 1. The van der Waals surface area contributed by atoms with E-state index in [9.17, 15) is 18.0 Å². The van der Waals surface area contributed by atoms with Crippen LogP contribution in [-0.4, -0.2) is 50.0 Å². The van der Waals surface area contributed by atoms with Crippen LogP contribution in [0.3, 0.4) is 0 Å². The Kier molecular flexibility index (Phi) is 5.60. The Morgan fingerprint density at radius 3 is 2.43 bits per heavy atom. The summed E-state index contributed by atoms with van der Waals surface area (Å²) < 4.78 is 35.7. The minimum Gasteiger partial charge on any atom is -0.497 e. The second-order valence-corrected chi connectivity index (χ2v) is 9.17. The first kappa shape index (κ1) is 20.1. The molecule has 1 aromatic carbocycles. The van der Waals surface area contributed by atoms with Gasteiger partial charge in [0.1, 0.15) is 5.75 Å². The van der Waals surface area contributed by atoms with Crippen LogP contribution in [0.2, 0.25) is 0 Å². The van der Waals surface area contributed by atoms with Crippen molar-refractivity contribution in [3.05, 3.63) is 52.8 Å². The van der Waals surface area contributed by atoms with Gasteiger partial charge in [0.05, 0.1) is 24.2 Å². The van der Waals surface area contributed by atoms with E-state index in [1.807, 2.05) is 11.5 Å². The lowest BCUT2D eigenvalue weighted by Gasteiger charge is -2.16. The topological polar surface area (TPSA) is 91.7 Å². The fourth-order valence-electron chi connectivity index (χ4n) is 3.62. The smallest absolute Gasteiger partial charge is 0.338 e. The first-order chi connectivity index (χ1) is 13.2. The number of rotatable bonds is 6. The number of carbonyl (C=O) groups excluding carboxylic acids is 2. The quantitative estimate of drug-likeness (QED) is 0.542. The molecule has 28 heavy (non-hydrogen) atoms. The lowest BCUT2D eigenvalue weighted by Crippen LogP contribution is -2.17. The van der Waals surface area contributed by atoms with E-state index in [4.69, 9.17) is 9.47 Å². The highest BCUT2D eigenvalue weighted by atomic mass is 32.2. The zero-order valence-corrected chi connectivity index (χ0v) is 16.9. The van der Waals surface area contributed by atoms with Crippen molar-refractivity contribution in [1.29, 1.82) is 0 Å². The molecule has 1 aliphatic rings. The van der Waals surface area contributed by atoms with Crippen LogP contribution >= 0.6 is 0 Å². The number of sulfone groups is 1. The number of hydrogen-bond acceptors (Lipinski definition) is 6. The summed E-state index contributed by atoms with van der Waals surface area (Å²) in [6, 6.07) is 7.98. The van der Waals surface area contributed by atoms with Gasteiger partial charge in [-0.1, -0.05) is 0 Å². The average molecular weight is 405 g/mol. The molecule has 1 saturated heterocycles. The summed E-state index contributed by atoms with van der Waals surface area (Å²) in [6.07, 6.45) is 0.540. The molecular formula is C20H23NO6S. The molecule has 0 unspecified atom stereocenters. The van der Waals surface area contributed by atoms with E-state index in [1.165, 1.54) is 7.11 Å². The lowest BCUT2D eigenvalue weighted by molar-refractivity contribution is 0.0474. The summed E-state index contributed by atoms with van der Waals surface area (Å²) in [5, 5.41) is 0. The highest BCUT2D eigenvalue weighted by molar-refractivity contribution is 7.91. The van der Waals surface area contributed by atoms with Gasteiger partial charge in [-0.25, -0.2) is 13.2 Å². The zero-order valence-electron chi connectivity index (χ0n) is 16.1. The number of carbonyl (C=O) groups is 2. The van der Waals surface area contributed by atoms with Crippen LogP contribution in [0, 0.1) is 13.8 Å². The molecular weight excluding hydrogens is 382 g/mol. The number of aryl methyl sites for hydroxylation is 1. The Balaban J connectivity index is 1.69. The van der Waals surface area contributed by atoms with Gasteiger partial charge in [0.2, 0.25) is 5.78 Å². The summed E-state index contributed by atoms with van der Waals surface area (Å²) in [5.74, 6) is -0.0382. The van der Waals surface area contributed by atoms with Gasteiger partial charge in [0, 0.05) is 23.0 Å². The lowest BCUT2D eigenvalue weighted by atomic mass is 10.1. The third-order valence-electron chi connectivity index (χ3n) is 5.02. The highest BCUT2D eigenvalue weighted by Crippen LogP contribution is 2.29. The van der Waals surface area contributed by atoms with Crippen LogP contribution in [0.5, 0.6) is 5.75 Å². The molecule has 0 radical (unpaired) electrons.